The van der Waals surface area contributed by atoms with Crippen LogP contribution in [-0.2, 0) is 10.0 Å². The molecular formula is C10H14ClNO2S. The van der Waals surface area contributed by atoms with Gasteiger partial charge in [-0.3, -0.25) is 0 Å². The van der Waals surface area contributed by atoms with E-state index in [4.69, 9.17) is 11.8 Å². The minimum atomic E-state index is -3.52. The molecule has 1 aromatic rings. The van der Waals surface area contributed by atoms with E-state index in [9.17, 15) is 8.42 Å². The number of hydrogen-bond donors (Lipinski definition) is 0. The summed E-state index contributed by atoms with van der Waals surface area (Å²) >= 11 is 5.69. The highest BCUT2D eigenvalue weighted by Gasteiger charge is 2.21. The summed E-state index contributed by atoms with van der Waals surface area (Å²) in [6.07, 6.45) is 0.689. The second-order valence-corrected chi connectivity index (χ2v) is 5.80. The van der Waals surface area contributed by atoms with Gasteiger partial charge in [0.1, 0.15) is 0 Å². The fraction of sp³-hybridized carbons (Fsp3) is 0.400. The average molecular weight is 248 g/mol. The maximum absolute atomic E-state index is 11.8. The van der Waals surface area contributed by atoms with Gasteiger partial charge in [0.2, 0.25) is 0 Å². The van der Waals surface area contributed by atoms with Gasteiger partial charge in [-0.2, -0.15) is 0 Å². The van der Waals surface area contributed by atoms with E-state index in [0.717, 1.165) is 9.39 Å². The van der Waals surface area contributed by atoms with Crippen LogP contribution in [0.5, 0.6) is 0 Å². The minimum Gasteiger partial charge on any atom is -0.206 e. The fourth-order valence-corrected chi connectivity index (χ4v) is 2.66. The summed E-state index contributed by atoms with van der Waals surface area (Å²) < 4.78 is 24.5. The van der Waals surface area contributed by atoms with Crippen molar-refractivity contribution >= 4 is 21.8 Å². The van der Waals surface area contributed by atoms with E-state index in [-0.39, 0.29) is 4.90 Å². The Hall–Kier alpha value is -0.580. The van der Waals surface area contributed by atoms with E-state index in [2.05, 4.69) is 0 Å². The lowest BCUT2D eigenvalue weighted by molar-refractivity contribution is 0.534. The first-order valence-corrected chi connectivity index (χ1v) is 6.51. The third kappa shape index (κ3) is 2.93. The van der Waals surface area contributed by atoms with Gasteiger partial charge in [0.15, 0.2) is 0 Å². The molecule has 0 aliphatic carbocycles. The Labute approximate surface area is 95.8 Å². The van der Waals surface area contributed by atoms with E-state index < -0.39 is 10.0 Å². The van der Waals surface area contributed by atoms with Crippen LogP contribution in [-0.4, -0.2) is 18.8 Å². The van der Waals surface area contributed by atoms with Crippen molar-refractivity contribution in [2.75, 3.05) is 6.54 Å². The smallest absolute Gasteiger partial charge is 0.206 e. The van der Waals surface area contributed by atoms with Crippen LogP contribution in [0.4, 0.5) is 0 Å². The van der Waals surface area contributed by atoms with Gasteiger partial charge >= 0.3 is 0 Å². The first-order chi connectivity index (χ1) is 6.98. The van der Waals surface area contributed by atoms with Crippen molar-refractivity contribution in [2.24, 2.45) is 0 Å². The molecule has 0 saturated carbocycles. The third-order valence-corrected chi connectivity index (χ3v) is 4.27. The van der Waals surface area contributed by atoms with Crippen LogP contribution in [0.1, 0.15) is 18.9 Å². The van der Waals surface area contributed by atoms with Gasteiger partial charge in [-0.25, -0.2) is 8.42 Å². The third-order valence-electron chi connectivity index (χ3n) is 1.98. The second-order valence-electron chi connectivity index (χ2n) is 3.33. The largest absolute Gasteiger partial charge is 0.256 e. The first-order valence-electron chi connectivity index (χ1n) is 4.73. The highest BCUT2D eigenvalue weighted by atomic mass is 35.5. The highest BCUT2D eigenvalue weighted by molar-refractivity contribution is 7.90. The molecule has 0 atom stereocenters. The molecular weight excluding hydrogens is 234 g/mol. The average Bonchev–Trinajstić information content (AvgIpc) is 2.18. The predicted molar refractivity (Wildman–Crippen MR) is 61.2 cm³/mol. The molecule has 15 heavy (non-hydrogen) atoms. The van der Waals surface area contributed by atoms with Crippen molar-refractivity contribution in [3.8, 4) is 0 Å². The number of nitrogens with zero attached hydrogens (tertiary/aromatic N) is 1. The molecule has 84 valence electrons. The molecule has 1 rings (SSSR count). The molecule has 0 unspecified atom stereocenters. The molecule has 1 aromatic carbocycles. The molecule has 0 saturated heterocycles. The second kappa shape index (κ2) is 4.96. The van der Waals surface area contributed by atoms with E-state index in [1.807, 2.05) is 13.8 Å². The minimum absolute atomic E-state index is 0.233. The number of sulfonamides is 1. The Morgan fingerprint density at radius 2 is 1.80 bits per heavy atom. The zero-order valence-electron chi connectivity index (χ0n) is 8.77. The Balaban J connectivity index is 3.01. The van der Waals surface area contributed by atoms with E-state index in [1.165, 1.54) is 0 Å². The van der Waals surface area contributed by atoms with Gasteiger partial charge in [-0.05, 0) is 37.3 Å². The number of benzene rings is 1. The van der Waals surface area contributed by atoms with Crippen LogP contribution in [0, 0.1) is 6.92 Å². The molecule has 0 bridgehead atoms. The van der Waals surface area contributed by atoms with Gasteiger partial charge in [0, 0.05) is 6.54 Å². The van der Waals surface area contributed by atoms with Gasteiger partial charge in [0.25, 0.3) is 10.0 Å². The maximum Gasteiger partial charge on any atom is 0.256 e. The zero-order valence-corrected chi connectivity index (χ0v) is 10.3. The number of aryl methyl sites for hydroxylation is 1. The SMILES string of the molecule is CCCN(Cl)S(=O)(=O)c1ccc(C)cc1. The number of halogens is 1. The molecule has 0 spiro atoms. The van der Waals surface area contributed by atoms with E-state index >= 15 is 0 Å². The zero-order chi connectivity index (χ0) is 11.5. The van der Waals surface area contributed by atoms with Gasteiger partial charge < -0.3 is 0 Å². The summed E-state index contributed by atoms with van der Waals surface area (Å²) in [4.78, 5) is 0.233. The first kappa shape index (κ1) is 12.5. The quantitative estimate of drug-likeness (QED) is 0.767. The summed E-state index contributed by atoms with van der Waals surface area (Å²) in [6.45, 7) is 4.10. The predicted octanol–water partition coefficient (Wildman–Crippen LogP) is 2.55. The summed E-state index contributed by atoms with van der Waals surface area (Å²) in [7, 11) is -3.52. The summed E-state index contributed by atoms with van der Waals surface area (Å²) in [6, 6.07) is 6.64. The standard InChI is InChI=1S/C10H14ClNO2S/c1-3-8-12(11)15(13,14)10-6-4-9(2)5-7-10/h4-7H,3,8H2,1-2H3. The highest BCUT2D eigenvalue weighted by Crippen LogP contribution is 2.18. The van der Waals surface area contributed by atoms with Gasteiger partial charge in [-0.1, -0.05) is 24.6 Å². The van der Waals surface area contributed by atoms with Crippen LogP contribution in [0.3, 0.4) is 0 Å². The molecule has 3 nitrogen and oxygen atoms in total. The van der Waals surface area contributed by atoms with Crippen LogP contribution in [0.25, 0.3) is 0 Å². The Kier molecular flexibility index (Phi) is 4.13. The van der Waals surface area contributed by atoms with Crippen LogP contribution in [0.15, 0.2) is 29.2 Å². The monoisotopic (exact) mass is 247 g/mol. The van der Waals surface area contributed by atoms with Crippen molar-refractivity contribution in [3.63, 3.8) is 0 Å². The molecule has 0 aromatic heterocycles. The molecule has 0 heterocycles. The molecule has 0 radical (unpaired) electrons. The molecule has 0 amide bonds. The van der Waals surface area contributed by atoms with Crippen molar-refractivity contribution in [1.82, 2.24) is 3.82 Å². The van der Waals surface area contributed by atoms with E-state index in [0.29, 0.717) is 13.0 Å². The van der Waals surface area contributed by atoms with E-state index in [1.54, 1.807) is 24.3 Å². The summed E-state index contributed by atoms with van der Waals surface area (Å²) in [5, 5.41) is 0. The normalized spacial score (nSPS) is 12.0. The lowest BCUT2D eigenvalue weighted by Crippen LogP contribution is -2.22. The van der Waals surface area contributed by atoms with Gasteiger partial charge in [-0.15, -0.1) is 3.82 Å². The lowest BCUT2D eigenvalue weighted by atomic mass is 10.2. The Morgan fingerprint density at radius 3 is 2.27 bits per heavy atom. The lowest BCUT2D eigenvalue weighted by Gasteiger charge is -2.13. The van der Waals surface area contributed by atoms with Crippen LogP contribution in [0.2, 0.25) is 0 Å². The van der Waals surface area contributed by atoms with Crippen molar-refractivity contribution in [1.29, 1.82) is 0 Å². The molecule has 0 fully saturated rings. The van der Waals surface area contributed by atoms with Crippen LogP contribution < -0.4 is 0 Å². The molecule has 0 aliphatic heterocycles. The van der Waals surface area contributed by atoms with Crippen LogP contribution >= 0.6 is 11.8 Å². The fourth-order valence-electron chi connectivity index (χ4n) is 1.12. The summed E-state index contributed by atoms with van der Waals surface area (Å²) in [5.74, 6) is 0. The topological polar surface area (TPSA) is 37.4 Å². The van der Waals surface area contributed by atoms with Gasteiger partial charge in [0.05, 0.1) is 4.90 Å². The van der Waals surface area contributed by atoms with Crippen molar-refractivity contribution in [3.05, 3.63) is 29.8 Å². The van der Waals surface area contributed by atoms with Crippen molar-refractivity contribution in [2.45, 2.75) is 25.2 Å². The maximum atomic E-state index is 11.8. The number of hydrogen-bond acceptors (Lipinski definition) is 2. The Morgan fingerprint density at radius 1 is 1.27 bits per heavy atom. The molecule has 0 N–H and O–H groups in total. The Bertz CT molecular complexity index is 414. The summed E-state index contributed by atoms with van der Waals surface area (Å²) in [5.41, 5.74) is 1.02. The molecule has 5 heteroatoms. The number of rotatable bonds is 4. The molecule has 0 aliphatic rings. The van der Waals surface area contributed by atoms with Crippen molar-refractivity contribution < 1.29 is 8.42 Å².